The van der Waals surface area contributed by atoms with Gasteiger partial charge in [0.2, 0.25) is 0 Å². The van der Waals surface area contributed by atoms with Gasteiger partial charge in [-0.15, -0.1) is 0 Å². The van der Waals surface area contributed by atoms with Gasteiger partial charge in [0.25, 0.3) is 0 Å². The number of fused-ring (bicyclic) bond motifs is 1. The number of hydrogen-bond donors (Lipinski definition) is 1. The van der Waals surface area contributed by atoms with Gasteiger partial charge in [-0.25, -0.2) is 9.80 Å². The second kappa shape index (κ2) is 4.29. The highest BCUT2D eigenvalue weighted by molar-refractivity contribution is 5.99. The summed E-state index contributed by atoms with van der Waals surface area (Å²) in [5, 5.41) is 6.17. The Bertz CT molecular complexity index is 585. The number of amides is 2. The van der Waals surface area contributed by atoms with E-state index in [1.807, 2.05) is 42.1 Å². The van der Waals surface area contributed by atoms with Gasteiger partial charge >= 0.3 is 6.03 Å². The van der Waals surface area contributed by atoms with Crippen LogP contribution in [-0.2, 0) is 7.05 Å². The maximum atomic E-state index is 10.8. The number of hydrogen-bond acceptors (Lipinski definition) is 2. The fourth-order valence-electron chi connectivity index (χ4n) is 1.68. The zero-order valence-corrected chi connectivity index (χ0v) is 9.79. The molecule has 0 saturated heterocycles. The molecule has 0 bridgehead atoms. The first-order valence-corrected chi connectivity index (χ1v) is 5.21. The van der Waals surface area contributed by atoms with Gasteiger partial charge < -0.3 is 10.3 Å². The fraction of sp³-hybridized carbons (Fsp3) is 0.167. The first-order valence-electron chi connectivity index (χ1n) is 5.21. The second-order valence-electron chi connectivity index (χ2n) is 3.82. The largest absolute Gasteiger partial charge is 0.350 e. The van der Waals surface area contributed by atoms with Crippen LogP contribution < -0.4 is 5.73 Å². The molecule has 1 aromatic carbocycles. The van der Waals surface area contributed by atoms with E-state index in [0.29, 0.717) is 0 Å². The molecule has 2 rings (SSSR count). The molecular weight excluding hydrogens is 216 g/mol. The highest BCUT2D eigenvalue weighted by atomic mass is 16.2. The van der Waals surface area contributed by atoms with Gasteiger partial charge in [-0.05, 0) is 6.07 Å². The molecule has 0 aliphatic rings. The average Bonchev–Trinajstić information content (AvgIpc) is 2.64. The summed E-state index contributed by atoms with van der Waals surface area (Å²) in [6.07, 6.45) is 3.59. The summed E-state index contributed by atoms with van der Waals surface area (Å²) in [4.78, 5) is 10.8. The molecule has 0 fully saturated rings. The van der Waals surface area contributed by atoms with Crippen molar-refractivity contribution in [3.63, 3.8) is 0 Å². The minimum absolute atomic E-state index is 0.582. The maximum Gasteiger partial charge on any atom is 0.334 e. The van der Waals surface area contributed by atoms with Crippen LogP contribution in [0.15, 0.2) is 35.6 Å². The van der Waals surface area contributed by atoms with E-state index in [0.717, 1.165) is 21.5 Å². The Hall–Kier alpha value is -2.30. The van der Waals surface area contributed by atoms with Crippen molar-refractivity contribution in [2.24, 2.45) is 17.9 Å². The summed E-state index contributed by atoms with van der Waals surface area (Å²) in [7, 11) is 3.49. The summed E-state index contributed by atoms with van der Waals surface area (Å²) in [6, 6.07) is 7.42. The van der Waals surface area contributed by atoms with E-state index in [4.69, 9.17) is 5.73 Å². The standard InChI is InChI=1S/C12H14N4O/c1-15-8-9(7-14-16(2)12(13)17)10-5-3-4-6-11(10)15/h3-8H,1-2H3,(H2,13,17). The van der Waals surface area contributed by atoms with Crippen LogP contribution in [0.4, 0.5) is 4.79 Å². The average molecular weight is 230 g/mol. The van der Waals surface area contributed by atoms with Crippen LogP contribution in [0.25, 0.3) is 10.9 Å². The van der Waals surface area contributed by atoms with Gasteiger partial charge in [-0.1, -0.05) is 18.2 Å². The van der Waals surface area contributed by atoms with E-state index in [-0.39, 0.29) is 0 Å². The van der Waals surface area contributed by atoms with Crippen molar-refractivity contribution < 1.29 is 4.79 Å². The zero-order chi connectivity index (χ0) is 12.4. The van der Waals surface area contributed by atoms with E-state index < -0.39 is 6.03 Å². The number of rotatable bonds is 2. The van der Waals surface area contributed by atoms with Gasteiger partial charge in [0, 0.05) is 36.8 Å². The van der Waals surface area contributed by atoms with Gasteiger partial charge in [-0.2, -0.15) is 5.10 Å². The second-order valence-corrected chi connectivity index (χ2v) is 3.82. The van der Waals surface area contributed by atoms with Crippen LogP contribution >= 0.6 is 0 Å². The molecule has 0 unspecified atom stereocenters. The van der Waals surface area contributed by atoms with Gasteiger partial charge in [0.15, 0.2) is 0 Å². The molecule has 0 saturated carbocycles. The predicted molar refractivity (Wildman–Crippen MR) is 67.9 cm³/mol. The van der Waals surface area contributed by atoms with Crippen LogP contribution in [0.3, 0.4) is 0 Å². The quantitative estimate of drug-likeness (QED) is 0.617. The molecule has 17 heavy (non-hydrogen) atoms. The molecule has 0 aliphatic carbocycles. The maximum absolute atomic E-state index is 10.8. The summed E-state index contributed by atoms with van der Waals surface area (Å²) >= 11 is 0. The minimum Gasteiger partial charge on any atom is -0.350 e. The Labute approximate surface area is 99.1 Å². The lowest BCUT2D eigenvalue weighted by Crippen LogP contribution is -2.27. The van der Waals surface area contributed by atoms with Crippen molar-refractivity contribution in [1.82, 2.24) is 9.58 Å². The molecule has 0 aliphatic heterocycles. The lowest BCUT2D eigenvalue weighted by molar-refractivity contribution is 0.220. The Balaban J connectivity index is 2.40. The van der Waals surface area contributed by atoms with Crippen molar-refractivity contribution in [3.05, 3.63) is 36.0 Å². The summed E-state index contributed by atoms with van der Waals surface area (Å²) in [5.74, 6) is 0. The van der Waals surface area contributed by atoms with E-state index in [2.05, 4.69) is 5.10 Å². The SMILES string of the molecule is CN(N=Cc1cn(C)c2ccccc12)C(N)=O. The third-order valence-electron chi connectivity index (χ3n) is 2.62. The molecule has 88 valence electrons. The summed E-state index contributed by atoms with van der Waals surface area (Å²) in [6.45, 7) is 0. The molecule has 1 heterocycles. The van der Waals surface area contributed by atoms with Crippen molar-refractivity contribution in [2.45, 2.75) is 0 Å². The molecule has 5 heteroatoms. The Morgan fingerprint density at radius 3 is 2.88 bits per heavy atom. The molecule has 5 nitrogen and oxygen atoms in total. The summed E-state index contributed by atoms with van der Waals surface area (Å²) < 4.78 is 2.01. The normalized spacial score (nSPS) is 11.2. The van der Waals surface area contributed by atoms with E-state index >= 15 is 0 Å². The number of hydrazone groups is 1. The molecule has 2 aromatic rings. The number of primary amides is 1. The lowest BCUT2D eigenvalue weighted by Gasteiger charge is -2.04. The van der Waals surface area contributed by atoms with E-state index in [1.165, 1.54) is 7.05 Å². The van der Waals surface area contributed by atoms with Crippen LogP contribution in [0.5, 0.6) is 0 Å². The third kappa shape index (κ3) is 2.13. The number of para-hydroxylation sites is 1. The van der Waals surface area contributed by atoms with Gasteiger partial charge in [-0.3, -0.25) is 0 Å². The van der Waals surface area contributed by atoms with E-state index in [1.54, 1.807) is 6.21 Å². The number of carbonyl (C=O) groups excluding carboxylic acids is 1. The molecule has 2 N–H and O–H groups in total. The number of benzene rings is 1. The highest BCUT2D eigenvalue weighted by Crippen LogP contribution is 2.18. The van der Waals surface area contributed by atoms with Crippen molar-refractivity contribution in [2.75, 3.05) is 7.05 Å². The monoisotopic (exact) mass is 230 g/mol. The smallest absolute Gasteiger partial charge is 0.334 e. The van der Waals surface area contributed by atoms with E-state index in [9.17, 15) is 4.79 Å². The van der Waals surface area contributed by atoms with Crippen molar-refractivity contribution in [1.29, 1.82) is 0 Å². The van der Waals surface area contributed by atoms with Gasteiger partial charge in [0.05, 0.1) is 6.21 Å². The molecule has 0 radical (unpaired) electrons. The van der Waals surface area contributed by atoms with Crippen LogP contribution in [0, 0.1) is 0 Å². The number of aryl methyl sites for hydroxylation is 1. The predicted octanol–water partition coefficient (Wildman–Crippen LogP) is 1.52. The molecular formula is C12H14N4O. The van der Waals surface area contributed by atoms with Crippen molar-refractivity contribution in [3.8, 4) is 0 Å². The lowest BCUT2D eigenvalue weighted by atomic mass is 10.2. The van der Waals surface area contributed by atoms with Crippen LogP contribution in [0.2, 0.25) is 0 Å². The first-order chi connectivity index (χ1) is 8.09. The number of nitrogens with zero attached hydrogens (tertiary/aromatic N) is 3. The number of urea groups is 1. The molecule has 1 aromatic heterocycles. The number of aromatic nitrogens is 1. The van der Waals surface area contributed by atoms with Crippen molar-refractivity contribution >= 4 is 23.1 Å². The van der Waals surface area contributed by atoms with Gasteiger partial charge in [0.1, 0.15) is 0 Å². The molecule has 0 spiro atoms. The third-order valence-corrected chi connectivity index (χ3v) is 2.62. The zero-order valence-electron chi connectivity index (χ0n) is 9.79. The minimum atomic E-state index is -0.582. The van der Waals surface area contributed by atoms with Crippen LogP contribution in [0.1, 0.15) is 5.56 Å². The van der Waals surface area contributed by atoms with Crippen LogP contribution in [-0.4, -0.2) is 28.9 Å². The number of nitrogens with two attached hydrogens (primary N) is 1. The molecule has 0 atom stereocenters. The topological polar surface area (TPSA) is 63.6 Å². The first kappa shape index (κ1) is 11.2. The summed E-state index contributed by atoms with van der Waals surface area (Å²) in [5.41, 5.74) is 7.16. The molecule has 2 amide bonds. The Kier molecular flexibility index (Phi) is 2.82. The highest BCUT2D eigenvalue weighted by Gasteiger charge is 2.04. The number of carbonyl (C=O) groups is 1. The fourth-order valence-corrected chi connectivity index (χ4v) is 1.68. The Morgan fingerprint density at radius 2 is 2.18 bits per heavy atom. The Morgan fingerprint density at radius 1 is 1.47 bits per heavy atom.